The second kappa shape index (κ2) is 10.9. The maximum atomic E-state index is 14.5. The van der Waals surface area contributed by atoms with Crippen molar-refractivity contribution in [3.8, 4) is 22.3 Å². The van der Waals surface area contributed by atoms with Crippen molar-refractivity contribution in [3.63, 3.8) is 0 Å². The first kappa shape index (κ1) is 22.7. The SMILES string of the molecule is CC=CCCc1ccc(-c2ccc(-c3ccc(C[C@@H](C)c4ccccc4)cc3)cc2)cc1F. The average molecular weight is 435 g/mol. The van der Waals surface area contributed by atoms with E-state index in [-0.39, 0.29) is 5.82 Å². The second-order valence-corrected chi connectivity index (χ2v) is 8.70. The average Bonchev–Trinajstić information content (AvgIpc) is 2.86. The number of hydrogen-bond donors (Lipinski definition) is 0. The van der Waals surface area contributed by atoms with Gasteiger partial charge in [-0.25, -0.2) is 4.39 Å². The van der Waals surface area contributed by atoms with Crippen molar-refractivity contribution in [2.75, 3.05) is 0 Å². The molecule has 0 unspecified atom stereocenters. The first-order valence-corrected chi connectivity index (χ1v) is 11.8. The van der Waals surface area contributed by atoms with Gasteiger partial charge in [0.1, 0.15) is 5.82 Å². The minimum Gasteiger partial charge on any atom is -0.207 e. The summed E-state index contributed by atoms with van der Waals surface area (Å²) in [4.78, 5) is 0. The highest BCUT2D eigenvalue weighted by Gasteiger charge is 2.08. The Hall–Kier alpha value is -3.45. The lowest BCUT2D eigenvalue weighted by atomic mass is 9.92. The van der Waals surface area contributed by atoms with Gasteiger partial charge in [-0.05, 0) is 77.1 Å². The molecule has 4 aromatic rings. The van der Waals surface area contributed by atoms with Gasteiger partial charge in [0.05, 0.1) is 0 Å². The largest absolute Gasteiger partial charge is 0.207 e. The Bertz CT molecular complexity index is 1190. The topological polar surface area (TPSA) is 0 Å². The summed E-state index contributed by atoms with van der Waals surface area (Å²) in [6.07, 6.45) is 6.70. The molecule has 0 aromatic heterocycles. The molecule has 0 aliphatic heterocycles. The van der Waals surface area contributed by atoms with Crippen LogP contribution in [0.2, 0.25) is 0 Å². The van der Waals surface area contributed by atoms with Crippen molar-refractivity contribution in [1.82, 2.24) is 0 Å². The summed E-state index contributed by atoms with van der Waals surface area (Å²) in [6, 6.07) is 33.5. The van der Waals surface area contributed by atoms with Gasteiger partial charge >= 0.3 is 0 Å². The number of hydrogen-bond acceptors (Lipinski definition) is 0. The van der Waals surface area contributed by atoms with Gasteiger partial charge in [0, 0.05) is 0 Å². The zero-order valence-corrected chi connectivity index (χ0v) is 19.5. The van der Waals surface area contributed by atoms with Gasteiger partial charge in [0.25, 0.3) is 0 Å². The molecule has 0 bridgehead atoms. The van der Waals surface area contributed by atoms with Gasteiger partial charge in [0.2, 0.25) is 0 Å². The Morgan fingerprint density at radius 2 is 1.30 bits per heavy atom. The lowest BCUT2D eigenvalue weighted by molar-refractivity contribution is 0.610. The maximum absolute atomic E-state index is 14.5. The van der Waals surface area contributed by atoms with E-state index in [1.165, 1.54) is 22.3 Å². The van der Waals surface area contributed by atoms with E-state index in [0.29, 0.717) is 5.92 Å². The Labute approximate surface area is 197 Å². The number of benzene rings is 4. The number of allylic oxidation sites excluding steroid dienone is 2. The molecule has 0 radical (unpaired) electrons. The molecule has 0 amide bonds. The van der Waals surface area contributed by atoms with Crippen LogP contribution in [0.3, 0.4) is 0 Å². The molecule has 4 rings (SSSR count). The van der Waals surface area contributed by atoms with E-state index in [4.69, 9.17) is 0 Å². The fraction of sp³-hybridized carbons (Fsp3) is 0.188. The maximum Gasteiger partial charge on any atom is 0.127 e. The molecular formula is C32H31F. The first-order chi connectivity index (χ1) is 16.1. The summed E-state index contributed by atoms with van der Waals surface area (Å²) >= 11 is 0. The summed E-state index contributed by atoms with van der Waals surface area (Å²) in [5, 5.41) is 0. The molecule has 0 saturated heterocycles. The summed E-state index contributed by atoms with van der Waals surface area (Å²) in [6.45, 7) is 4.27. The van der Waals surface area contributed by atoms with Crippen LogP contribution in [0, 0.1) is 5.82 Å². The third-order valence-electron chi connectivity index (χ3n) is 6.29. The predicted octanol–water partition coefficient (Wildman–Crippen LogP) is 9.01. The second-order valence-electron chi connectivity index (χ2n) is 8.70. The van der Waals surface area contributed by atoms with E-state index in [1.807, 2.05) is 25.1 Å². The molecule has 0 aliphatic carbocycles. The molecule has 0 fully saturated rings. The van der Waals surface area contributed by atoms with E-state index < -0.39 is 0 Å². The minimum atomic E-state index is -0.124. The zero-order valence-electron chi connectivity index (χ0n) is 19.5. The third-order valence-corrected chi connectivity index (χ3v) is 6.29. The summed E-state index contributed by atoms with van der Waals surface area (Å²) in [5.74, 6) is 0.368. The van der Waals surface area contributed by atoms with Gasteiger partial charge in [0.15, 0.2) is 0 Å². The van der Waals surface area contributed by atoms with E-state index in [1.54, 1.807) is 6.07 Å². The van der Waals surface area contributed by atoms with Crippen molar-refractivity contribution >= 4 is 0 Å². The fourth-order valence-corrected chi connectivity index (χ4v) is 4.28. The number of rotatable bonds is 8. The highest BCUT2D eigenvalue weighted by molar-refractivity contribution is 5.70. The molecule has 166 valence electrons. The summed E-state index contributed by atoms with van der Waals surface area (Å²) in [5.41, 5.74) is 7.81. The van der Waals surface area contributed by atoms with E-state index >= 15 is 0 Å². The minimum absolute atomic E-state index is 0.124. The van der Waals surface area contributed by atoms with Crippen LogP contribution in [0.1, 0.15) is 42.9 Å². The lowest BCUT2D eigenvalue weighted by Gasteiger charge is -2.12. The summed E-state index contributed by atoms with van der Waals surface area (Å²) in [7, 11) is 0. The van der Waals surface area contributed by atoms with Crippen LogP contribution < -0.4 is 0 Å². The summed E-state index contributed by atoms with van der Waals surface area (Å²) < 4.78 is 14.5. The molecular weight excluding hydrogens is 403 g/mol. The predicted molar refractivity (Wildman–Crippen MR) is 139 cm³/mol. The van der Waals surface area contributed by atoms with Gasteiger partial charge in [-0.2, -0.15) is 0 Å². The first-order valence-electron chi connectivity index (χ1n) is 11.8. The highest BCUT2D eigenvalue weighted by atomic mass is 19.1. The van der Waals surface area contributed by atoms with Crippen molar-refractivity contribution in [2.24, 2.45) is 0 Å². The molecule has 0 N–H and O–H groups in total. The van der Waals surface area contributed by atoms with Crippen molar-refractivity contribution in [2.45, 2.75) is 39.0 Å². The van der Waals surface area contributed by atoms with Gasteiger partial charge in [-0.1, -0.05) is 110 Å². The van der Waals surface area contributed by atoms with Crippen LogP contribution in [0.25, 0.3) is 22.3 Å². The van der Waals surface area contributed by atoms with E-state index in [2.05, 4.69) is 91.9 Å². The zero-order chi connectivity index (χ0) is 23.0. The van der Waals surface area contributed by atoms with E-state index in [0.717, 1.165) is 36.0 Å². The third kappa shape index (κ3) is 5.87. The molecule has 0 nitrogen and oxygen atoms in total. The van der Waals surface area contributed by atoms with Gasteiger partial charge < -0.3 is 0 Å². The van der Waals surface area contributed by atoms with Crippen LogP contribution in [0.5, 0.6) is 0 Å². The van der Waals surface area contributed by atoms with Gasteiger partial charge in [-0.15, -0.1) is 0 Å². The Morgan fingerprint density at radius 1 is 0.727 bits per heavy atom. The quantitative estimate of drug-likeness (QED) is 0.243. The molecule has 0 heterocycles. The van der Waals surface area contributed by atoms with E-state index in [9.17, 15) is 4.39 Å². The van der Waals surface area contributed by atoms with Crippen LogP contribution in [-0.4, -0.2) is 0 Å². The number of aryl methyl sites for hydroxylation is 1. The Balaban J connectivity index is 1.43. The van der Waals surface area contributed by atoms with Crippen molar-refractivity contribution in [1.29, 1.82) is 0 Å². The smallest absolute Gasteiger partial charge is 0.127 e. The van der Waals surface area contributed by atoms with Crippen molar-refractivity contribution in [3.05, 3.63) is 132 Å². The molecule has 4 aromatic carbocycles. The Morgan fingerprint density at radius 3 is 1.91 bits per heavy atom. The molecule has 0 aliphatic rings. The molecule has 1 atom stereocenters. The van der Waals surface area contributed by atoms with Crippen molar-refractivity contribution < 1.29 is 4.39 Å². The van der Waals surface area contributed by atoms with Crippen LogP contribution >= 0.6 is 0 Å². The fourth-order valence-electron chi connectivity index (χ4n) is 4.28. The lowest BCUT2D eigenvalue weighted by Crippen LogP contribution is -1.98. The van der Waals surface area contributed by atoms with Crippen LogP contribution in [0.15, 0.2) is 109 Å². The highest BCUT2D eigenvalue weighted by Crippen LogP contribution is 2.28. The van der Waals surface area contributed by atoms with Crippen LogP contribution in [0.4, 0.5) is 4.39 Å². The molecule has 33 heavy (non-hydrogen) atoms. The molecule has 1 heteroatoms. The molecule has 0 spiro atoms. The molecule has 0 saturated carbocycles. The van der Waals surface area contributed by atoms with Gasteiger partial charge in [-0.3, -0.25) is 0 Å². The standard InChI is InChI=1S/C32H31F/c1-3-4-6-11-30-20-21-31(23-32(30)33)29-18-16-28(17-19-29)27-14-12-25(13-15-27)22-24(2)26-9-7-5-8-10-26/h3-5,7-10,12-21,23-24H,6,11,22H2,1-2H3/t24-/m1/s1. The monoisotopic (exact) mass is 434 g/mol. The normalized spacial score (nSPS) is 12.2. The van der Waals surface area contributed by atoms with Crippen LogP contribution in [-0.2, 0) is 12.8 Å². The number of halogens is 1. The Kier molecular flexibility index (Phi) is 7.52.